The minimum Gasteiger partial charge on any atom is -0.398 e. The van der Waals surface area contributed by atoms with Crippen molar-refractivity contribution in [1.29, 1.82) is 0 Å². The SMILES string of the molecule is CC(NC(=O)c1ccc(N)c(Br)c1)c1cccc(Br)c1. The Morgan fingerprint density at radius 3 is 2.60 bits per heavy atom. The zero-order valence-electron chi connectivity index (χ0n) is 10.9. The van der Waals surface area contributed by atoms with E-state index >= 15 is 0 Å². The average Bonchev–Trinajstić information content (AvgIpc) is 2.41. The first-order valence-electron chi connectivity index (χ1n) is 6.08. The van der Waals surface area contributed by atoms with Crippen molar-refractivity contribution in [3.8, 4) is 0 Å². The van der Waals surface area contributed by atoms with Gasteiger partial charge in [-0.2, -0.15) is 0 Å². The maximum atomic E-state index is 12.2. The molecule has 0 aromatic heterocycles. The van der Waals surface area contributed by atoms with Gasteiger partial charge in [-0.15, -0.1) is 0 Å². The van der Waals surface area contributed by atoms with Gasteiger partial charge in [0.05, 0.1) is 6.04 Å². The molecule has 0 aliphatic carbocycles. The van der Waals surface area contributed by atoms with E-state index in [1.54, 1.807) is 18.2 Å². The Hall–Kier alpha value is -1.33. The number of carbonyl (C=O) groups is 1. The van der Waals surface area contributed by atoms with E-state index in [1.165, 1.54) is 0 Å². The minimum atomic E-state index is -0.127. The van der Waals surface area contributed by atoms with Crippen LogP contribution in [-0.4, -0.2) is 5.91 Å². The molecule has 0 bridgehead atoms. The van der Waals surface area contributed by atoms with E-state index in [-0.39, 0.29) is 11.9 Å². The van der Waals surface area contributed by atoms with Gasteiger partial charge in [0, 0.05) is 20.2 Å². The number of nitrogens with two attached hydrogens (primary N) is 1. The van der Waals surface area contributed by atoms with Crippen LogP contribution in [0.4, 0.5) is 5.69 Å². The van der Waals surface area contributed by atoms with Crippen LogP contribution in [0.25, 0.3) is 0 Å². The predicted molar refractivity (Wildman–Crippen MR) is 88.6 cm³/mol. The zero-order valence-corrected chi connectivity index (χ0v) is 14.0. The highest BCUT2D eigenvalue weighted by molar-refractivity contribution is 9.10. The summed E-state index contributed by atoms with van der Waals surface area (Å²) in [5.74, 6) is -0.127. The number of halogens is 2. The molecule has 5 heteroatoms. The van der Waals surface area contributed by atoms with Gasteiger partial charge < -0.3 is 11.1 Å². The van der Waals surface area contributed by atoms with Crippen molar-refractivity contribution in [3.63, 3.8) is 0 Å². The molecular formula is C15H14Br2N2O. The average molecular weight is 398 g/mol. The normalized spacial score (nSPS) is 11.9. The molecule has 1 unspecified atom stereocenters. The van der Waals surface area contributed by atoms with E-state index < -0.39 is 0 Å². The van der Waals surface area contributed by atoms with Gasteiger partial charge in [-0.1, -0.05) is 28.1 Å². The van der Waals surface area contributed by atoms with Gasteiger partial charge in [0.1, 0.15) is 0 Å². The molecule has 0 spiro atoms. The number of nitrogen functional groups attached to an aromatic ring is 1. The fourth-order valence-corrected chi connectivity index (χ4v) is 2.60. The highest BCUT2D eigenvalue weighted by atomic mass is 79.9. The number of hydrogen-bond acceptors (Lipinski definition) is 2. The van der Waals surface area contributed by atoms with E-state index in [2.05, 4.69) is 37.2 Å². The van der Waals surface area contributed by atoms with E-state index in [0.717, 1.165) is 14.5 Å². The van der Waals surface area contributed by atoms with Crippen LogP contribution in [0.15, 0.2) is 51.4 Å². The van der Waals surface area contributed by atoms with Crippen molar-refractivity contribution in [1.82, 2.24) is 5.32 Å². The molecule has 3 N–H and O–H groups in total. The molecule has 2 aromatic carbocycles. The highest BCUT2D eigenvalue weighted by Gasteiger charge is 2.12. The molecule has 0 saturated carbocycles. The molecule has 0 radical (unpaired) electrons. The first-order chi connectivity index (χ1) is 9.47. The second-order valence-corrected chi connectivity index (χ2v) is 6.26. The van der Waals surface area contributed by atoms with Crippen LogP contribution in [0.3, 0.4) is 0 Å². The van der Waals surface area contributed by atoms with E-state index in [9.17, 15) is 4.79 Å². The third-order valence-electron chi connectivity index (χ3n) is 2.96. The van der Waals surface area contributed by atoms with Crippen LogP contribution in [-0.2, 0) is 0 Å². The number of amides is 1. The summed E-state index contributed by atoms with van der Waals surface area (Å²) in [4.78, 5) is 12.2. The molecule has 0 fully saturated rings. The van der Waals surface area contributed by atoms with Gasteiger partial charge in [0.15, 0.2) is 0 Å². The Balaban J connectivity index is 2.13. The molecule has 0 heterocycles. The van der Waals surface area contributed by atoms with Gasteiger partial charge in [-0.05, 0) is 58.7 Å². The van der Waals surface area contributed by atoms with Crippen molar-refractivity contribution in [2.24, 2.45) is 0 Å². The summed E-state index contributed by atoms with van der Waals surface area (Å²) in [5.41, 5.74) is 7.95. The van der Waals surface area contributed by atoms with Gasteiger partial charge in [-0.25, -0.2) is 0 Å². The van der Waals surface area contributed by atoms with Crippen molar-refractivity contribution >= 4 is 43.5 Å². The summed E-state index contributed by atoms with van der Waals surface area (Å²) < 4.78 is 1.71. The molecule has 20 heavy (non-hydrogen) atoms. The summed E-state index contributed by atoms with van der Waals surface area (Å²) in [6.07, 6.45) is 0. The number of benzene rings is 2. The third-order valence-corrected chi connectivity index (χ3v) is 4.14. The van der Waals surface area contributed by atoms with Crippen LogP contribution in [0.5, 0.6) is 0 Å². The molecule has 2 aromatic rings. The standard InChI is InChI=1S/C15H14Br2N2O/c1-9(10-3-2-4-12(16)7-10)19-15(20)11-5-6-14(18)13(17)8-11/h2-9H,18H2,1H3,(H,19,20). The van der Waals surface area contributed by atoms with Crippen LogP contribution in [0.2, 0.25) is 0 Å². The number of hydrogen-bond donors (Lipinski definition) is 2. The van der Waals surface area contributed by atoms with Crippen LogP contribution in [0, 0.1) is 0 Å². The number of carbonyl (C=O) groups excluding carboxylic acids is 1. The van der Waals surface area contributed by atoms with Crippen molar-refractivity contribution in [2.75, 3.05) is 5.73 Å². The summed E-state index contributed by atoms with van der Waals surface area (Å²) in [7, 11) is 0. The number of anilines is 1. The lowest BCUT2D eigenvalue weighted by molar-refractivity contribution is 0.0940. The molecule has 1 atom stereocenters. The predicted octanol–water partition coefficient (Wildman–Crippen LogP) is 4.28. The largest absolute Gasteiger partial charge is 0.398 e. The molecule has 1 amide bonds. The summed E-state index contributed by atoms with van der Waals surface area (Å²) in [6.45, 7) is 1.95. The monoisotopic (exact) mass is 396 g/mol. The Kier molecular flexibility index (Phi) is 4.83. The van der Waals surface area contributed by atoms with E-state index in [1.807, 2.05) is 31.2 Å². The maximum absolute atomic E-state index is 12.2. The lowest BCUT2D eigenvalue weighted by Crippen LogP contribution is -2.26. The second-order valence-electron chi connectivity index (χ2n) is 4.49. The summed E-state index contributed by atoms with van der Waals surface area (Å²) >= 11 is 6.75. The smallest absolute Gasteiger partial charge is 0.251 e. The second kappa shape index (κ2) is 6.41. The lowest BCUT2D eigenvalue weighted by atomic mass is 10.1. The van der Waals surface area contributed by atoms with Gasteiger partial charge in [0.2, 0.25) is 0 Å². The van der Waals surface area contributed by atoms with Gasteiger partial charge >= 0.3 is 0 Å². The van der Waals surface area contributed by atoms with Gasteiger partial charge in [0.25, 0.3) is 5.91 Å². The van der Waals surface area contributed by atoms with Crippen molar-refractivity contribution in [3.05, 3.63) is 62.5 Å². The highest BCUT2D eigenvalue weighted by Crippen LogP contribution is 2.22. The number of rotatable bonds is 3. The summed E-state index contributed by atoms with van der Waals surface area (Å²) in [6, 6.07) is 12.9. The quantitative estimate of drug-likeness (QED) is 0.759. The molecule has 2 rings (SSSR count). The Labute approximate surface area is 134 Å². The summed E-state index contributed by atoms with van der Waals surface area (Å²) in [5, 5.41) is 2.96. The maximum Gasteiger partial charge on any atom is 0.251 e. The molecule has 3 nitrogen and oxygen atoms in total. The van der Waals surface area contributed by atoms with E-state index in [0.29, 0.717) is 11.3 Å². The fourth-order valence-electron chi connectivity index (χ4n) is 1.81. The van der Waals surface area contributed by atoms with Crippen molar-refractivity contribution in [2.45, 2.75) is 13.0 Å². The van der Waals surface area contributed by atoms with Crippen molar-refractivity contribution < 1.29 is 4.79 Å². The number of nitrogens with one attached hydrogen (secondary N) is 1. The fraction of sp³-hybridized carbons (Fsp3) is 0.133. The first kappa shape index (κ1) is 15.1. The first-order valence-corrected chi connectivity index (χ1v) is 7.67. The topological polar surface area (TPSA) is 55.1 Å². The van der Waals surface area contributed by atoms with E-state index in [4.69, 9.17) is 5.73 Å². The van der Waals surface area contributed by atoms with Gasteiger partial charge in [-0.3, -0.25) is 4.79 Å². The third kappa shape index (κ3) is 3.61. The van der Waals surface area contributed by atoms with Crippen LogP contribution >= 0.6 is 31.9 Å². The van der Waals surface area contributed by atoms with Crippen LogP contribution in [0.1, 0.15) is 28.9 Å². The Morgan fingerprint density at radius 1 is 1.20 bits per heavy atom. The van der Waals surface area contributed by atoms with Crippen LogP contribution < -0.4 is 11.1 Å². The molecular weight excluding hydrogens is 384 g/mol. The Bertz CT molecular complexity index is 644. The molecule has 0 aliphatic rings. The minimum absolute atomic E-state index is 0.0728. The molecule has 0 saturated heterocycles. The molecule has 104 valence electrons. The molecule has 0 aliphatic heterocycles. The Morgan fingerprint density at radius 2 is 1.95 bits per heavy atom. The zero-order chi connectivity index (χ0) is 14.7. The lowest BCUT2D eigenvalue weighted by Gasteiger charge is -2.15.